The molecule has 2 unspecified atom stereocenters. The van der Waals surface area contributed by atoms with Crippen LogP contribution in [0.1, 0.15) is 53.4 Å². The van der Waals surface area contributed by atoms with Crippen molar-refractivity contribution in [2.24, 2.45) is 11.8 Å². The van der Waals surface area contributed by atoms with E-state index >= 15 is 0 Å². The van der Waals surface area contributed by atoms with Gasteiger partial charge in [0.1, 0.15) is 0 Å². The van der Waals surface area contributed by atoms with Gasteiger partial charge in [-0.1, -0.05) is 52.7 Å². The van der Waals surface area contributed by atoms with Crippen molar-refractivity contribution in [1.29, 1.82) is 0 Å². The first-order valence-electron chi connectivity index (χ1n) is 5.29. The maximum Gasteiger partial charge on any atom is -0.0232 e. The molecular formula is C12H24. The third-order valence-corrected chi connectivity index (χ3v) is 2.72. The van der Waals surface area contributed by atoms with Crippen LogP contribution in [0.15, 0.2) is 12.2 Å². The normalized spacial score (nSPS) is 15.7. The number of hydrogen-bond donors (Lipinski definition) is 0. The van der Waals surface area contributed by atoms with E-state index in [-0.39, 0.29) is 0 Å². The predicted molar refractivity (Wildman–Crippen MR) is 57.3 cm³/mol. The van der Waals surface area contributed by atoms with Crippen molar-refractivity contribution in [2.45, 2.75) is 53.4 Å². The third-order valence-electron chi connectivity index (χ3n) is 2.72. The molecule has 0 bridgehead atoms. The molecule has 0 saturated heterocycles. The minimum Gasteiger partial charge on any atom is -0.0996 e. The summed E-state index contributed by atoms with van der Waals surface area (Å²) in [6, 6.07) is 0. The fourth-order valence-corrected chi connectivity index (χ4v) is 1.50. The van der Waals surface area contributed by atoms with Crippen LogP contribution in [-0.4, -0.2) is 0 Å². The first-order chi connectivity index (χ1) is 5.61. The van der Waals surface area contributed by atoms with Gasteiger partial charge in [0.05, 0.1) is 0 Å². The van der Waals surface area contributed by atoms with Gasteiger partial charge < -0.3 is 0 Å². The Labute approximate surface area is 78.1 Å². The van der Waals surface area contributed by atoms with E-state index in [4.69, 9.17) is 0 Å². The van der Waals surface area contributed by atoms with E-state index in [1.54, 1.807) is 0 Å². The standard InChI is InChI=1S/C12H24/c1-6-8-11(4)12(5)9-10(3)7-2/h10,12H,4,6-9H2,1-3,5H3. The first-order valence-corrected chi connectivity index (χ1v) is 5.29. The maximum atomic E-state index is 4.13. The second-order valence-electron chi connectivity index (χ2n) is 4.06. The van der Waals surface area contributed by atoms with Crippen molar-refractivity contribution in [3.8, 4) is 0 Å². The van der Waals surface area contributed by atoms with Crippen molar-refractivity contribution < 1.29 is 0 Å². The molecule has 72 valence electrons. The van der Waals surface area contributed by atoms with E-state index in [1.807, 2.05) is 0 Å². The van der Waals surface area contributed by atoms with E-state index in [9.17, 15) is 0 Å². The Morgan fingerprint density at radius 2 is 1.83 bits per heavy atom. The van der Waals surface area contributed by atoms with E-state index in [0.29, 0.717) is 0 Å². The molecule has 0 amide bonds. The molecule has 0 nitrogen and oxygen atoms in total. The number of allylic oxidation sites excluding steroid dienone is 1. The lowest BCUT2D eigenvalue weighted by atomic mass is 9.88. The van der Waals surface area contributed by atoms with Crippen molar-refractivity contribution in [1.82, 2.24) is 0 Å². The maximum absolute atomic E-state index is 4.13. The van der Waals surface area contributed by atoms with Crippen molar-refractivity contribution in [3.63, 3.8) is 0 Å². The van der Waals surface area contributed by atoms with Crippen molar-refractivity contribution in [3.05, 3.63) is 12.2 Å². The number of rotatable bonds is 6. The molecule has 0 heterocycles. The minimum absolute atomic E-state index is 0.722. The lowest BCUT2D eigenvalue weighted by Gasteiger charge is -2.17. The molecule has 2 atom stereocenters. The van der Waals surface area contributed by atoms with Crippen LogP contribution >= 0.6 is 0 Å². The smallest absolute Gasteiger partial charge is 0.0232 e. The van der Waals surface area contributed by atoms with Gasteiger partial charge in [0.15, 0.2) is 0 Å². The summed E-state index contributed by atoms with van der Waals surface area (Å²) in [6.07, 6.45) is 5.06. The Bertz CT molecular complexity index is 124. The zero-order valence-electron chi connectivity index (χ0n) is 9.19. The highest BCUT2D eigenvalue weighted by molar-refractivity contribution is 4.98. The van der Waals surface area contributed by atoms with Gasteiger partial charge in [-0.3, -0.25) is 0 Å². The molecule has 0 fully saturated rings. The van der Waals surface area contributed by atoms with Crippen molar-refractivity contribution in [2.75, 3.05) is 0 Å². The van der Waals surface area contributed by atoms with Gasteiger partial charge in [-0.15, -0.1) is 0 Å². The van der Waals surface area contributed by atoms with E-state index in [1.165, 1.54) is 31.3 Å². The summed E-state index contributed by atoms with van der Waals surface area (Å²) in [7, 11) is 0. The molecule has 0 heteroatoms. The van der Waals surface area contributed by atoms with Crippen LogP contribution in [0.3, 0.4) is 0 Å². The zero-order valence-corrected chi connectivity index (χ0v) is 9.19. The fourth-order valence-electron chi connectivity index (χ4n) is 1.50. The van der Waals surface area contributed by atoms with Crippen LogP contribution in [0.5, 0.6) is 0 Å². The van der Waals surface area contributed by atoms with Gasteiger partial charge >= 0.3 is 0 Å². The Balaban J connectivity index is 3.70. The molecule has 0 aromatic heterocycles. The molecular weight excluding hydrogens is 144 g/mol. The molecule has 0 spiro atoms. The fraction of sp³-hybridized carbons (Fsp3) is 0.833. The van der Waals surface area contributed by atoms with Gasteiger partial charge in [0, 0.05) is 0 Å². The molecule has 0 N–H and O–H groups in total. The van der Waals surface area contributed by atoms with Gasteiger partial charge in [-0.05, 0) is 24.7 Å². The lowest BCUT2D eigenvalue weighted by Crippen LogP contribution is -2.04. The molecule has 0 aliphatic heterocycles. The Morgan fingerprint density at radius 1 is 1.25 bits per heavy atom. The zero-order chi connectivity index (χ0) is 9.56. The Hall–Kier alpha value is -0.260. The van der Waals surface area contributed by atoms with Crippen LogP contribution in [0.25, 0.3) is 0 Å². The summed E-state index contributed by atoms with van der Waals surface area (Å²) in [5.41, 5.74) is 1.44. The largest absolute Gasteiger partial charge is 0.0996 e. The summed E-state index contributed by atoms with van der Waals surface area (Å²) >= 11 is 0. The second kappa shape index (κ2) is 6.28. The van der Waals surface area contributed by atoms with Crippen LogP contribution in [0.4, 0.5) is 0 Å². The van der Waals surface area contributed by atoms with E-state index in [0.717, 1.165) is 11.8 Å². The SMILES string of the molecule is C=C(CCC)C(C)CC(C)CC. The van der Waals surface area contributed by atoms with E-state index < -0.39 is 0 Å². The van der Waals surface area contributed by atoms with Crippen LogP contribution in [0, 0.1) is 11.8 Å². The second-order valence-corrected chi connectivity index (χ2v) is 4.06. The quantitative estimate of drug-likeness (QED) is 0.515. The summed E-state index contributed by atoms with van der Waals surface area (Å²) in [4.78, 5) is 0. The molecule has 0 rings (SSSR count). The highest BCUT2D eigenvalue weighted by atomic mass is 14.1. The predicted octanol–water partition coefficient (Wildman–Crippen LogP) is 4.42. The summed E-state index contributed by atoms with van der Waals surface area (Å²) < 4.78 is 0. The topological polar surface area (TPSA) is 0 Å². The third kappa shape index (κ3) is 4.58. The van der Waals surface area contributed by atoms with Gasteiger partial charge in [0.2, 0.25) is 0 Å². The molecule has 0 saturated carbocycles. The minimum atomic E-state index is 0.722. The lowest BCUT2D eigenvalue weighted by molar-refractivity contribution is 0.435. The highest BCUT2D eigenvalue weighted by Crippen LogP contribution is 2.23. The van der Waals surface area contributed by atoms with Gasteiger partial charge in [0.25, 0.3) is 0 Å². The summed E-state index contributed by atoms with van der Waals surface area (Å²) in [6.45, 7) is 13.3. The Morgan fingerprint density at radius 3 is 2.25 bits per heavy atom. The average molecular weight is 168 g/mol. The molecule has 0 aromatic rings. The van der Waals surface area contributed by atoms with Gasteiger partial charge in [-0.25, -0.2) is 0 Å². The van der Waals surface area contributed by atoms with Crippen LogP contribution in [0.2, 0.25) is 0 Å². The monoisotopic (exact) mass is 168 g/mol. The van der Waals surface area contributed by atoms with E-state index in [2.05, 4.69) is 34.3 Å². The van der Waals surface area contributed by atoms with Crippen molar-refractivity contribution >= 4 is 0 Å². The molecule has 0 aromatic carbocycles. The van der Waals surface area contributed by atoms with Gasteiger partial charge in [-0.2, -0.15) is 0 Å². The van der Waals surface area contributed by atoms with Crippen LogP contribution in [-0.2, 0) is 0 Å². The average Bonchev–Trinajstić information content (AvgIpc) is 2.04. The Kier molecular flexibility index (Phi) is 6.14. The molecule has 0 aliphatic rings. The molecule has 0 aliphatic carbocycles. The highest BCUT2D eigenvalue weighted by Gasteiger charge is 2.09. The first kappa shape index (κ1) is 11.7. The van der Waals surface area contributed by atoms with Crippen LogP contribution < -0.4 is 0 Å². The molecule has 0 radical (unpaired) electrons. The summed E-state index contributed by atoms with van der Waals surface area (Å²) in [5.74, 6) is 1.58. The molecule has 12 heavy (non-hydrogen) atoms. The number of hydrogen-bond acceptors (Lipinski definition) is 0. The summed E-state index contributed by atoms with van der Waals surface area (Å²) in [5, 5.41) is 0.